The quantitative estimate of drug-likeness (QED) is 0.797. The first-order valence-electron chi connectivity index (χ1n) is 5.79. The second kappa shape index (κ2) is 6.28. The van der Waals surface area contributed by atoms with Crippen LogP contribution >= 0.6 is 0 Å². The van der Waals surface area contributed by atoms with Crippen molar-refractivity contribution < 1.29 is 4.79 Å². The second-order valence-electron chi connectivity index (χ2n) is 3.89. The summed E-state index contributed by atoms with van der Waals surface area (Å²) in [5.41, 5.74) is 6.81. The molecule has 0 aromatic heterocycles. The Labute approximate surface area is 97.0 Å². The molecule has 2 atom stereocenters. The minimum atomic E-state index is -0.405. The summed E-state index contributed by atoms with van der Waals surface area (Å²) in [6, 6.07) is 9.62. The van der Waals surface area contributed by atoms with Crippen LogP contribution in [0.25, 0.3) is 0 Å². The SMILES string of the molecule is CC[C@H](NC(=O)[C@@H](N)CC)c1ccccc1. The molecule has 0 unspecified atom stereocenters. The van der Waals surface area contributed by atoms with Crippen LogP contribution in [0.3, 0.4) is 0 Å². The second-order valence-corrected chi connectivity index (χ2v) is 3.89. The summed E-state index contributed by atoms with van der Waals surface area (Å²) in [5, 5.41) is 2.97. The smallest absolute Gasteiger partial charge is 0.237 e. The lowest BCUT2D eigenvalue weighted by Crippen LogP contribution is -2.41. The summed E-state index contributed by atoms with van der Waals surface area (Å²) >= 11 is 0. The molecule has 88 valence electrons. The average Bonchev–Trinajstić information content (AvgIpc) is 2.35. The van der Waals surface area contributed by atoms with Crippen LogP contribution in [-0.4, -0.2) is 11.9 Å². The number of benzene rings is 1. The topological polar surface area (TPSA) is 55.1 Å². The van der Waals surface area contributed by atoms with Crippen molar-refractivity contribution in [3.05, 3.63) is 35.9 Å². The molecule has 1 amide bonds. The largest absolute Gasteiger partial charge is 0.348 e. The maximum absolute atomic E-state index is 11.7. The van der Waals surface area contributed by atoms with E-state index in [1.54, 1.807) is 0 Å². The fourth-order valence-electron chi connectivity index (χ4n) is 1.57. The van der Waals surface area contributed by atoms with Gasteiger partial charge >= 0.3 is 0 Å². The molecule has 0 aliphatic heterocycles. The molecule has 1 aromatic carbocycles. The van der Waals surface area contributed by atoms with Crippen LogP contribution in [0.5, 0.6) is 0 Å². The predicted octanol–water partition coefficient (Wildman–Crippen LogP) is 1.99. The summed E-state index contributed by atoms with van der Waals surface area (Å²) < 4.78 is 0. The third-order valence-electron chi connectivity index (χ3n) is 2.70. The Morgan fingerprint density at radius 1 is 1.25 bits per heavy atom. The Morgan fingerprint density at radius 3 is 2.38 bits per heavy atom. The third kappa shape index (κ3) is 3.35. The van der Waals surface area contributed by atoms with E-state index in [-0.39, 0.29) is 11.9 Å². The van der Waals surface area contributed by atoms with Crippen molar-refractivity contribution in [2.45, 2.75) is 38.8 Å². The van der Waals surface area contributed by atoms with Gasteiger partial charge in [-0.05, 0) is 18.4 Å². The summed E-state index contributed by atoms with van der Waals surface area (Å²) in [6.45, 7) is 3.96. The monoisotopic (exact) mass is 220 g/mol. The number of carbonyl (C=O) groups excluding carboxylic acids is 1. The van der Waals surface area contributed by atoms with Gasteiger partial charge in [0.15, 0.2) is 0 Å². The lowest BCUT2D eigenvalue weighted by Gasteiger charge is -2.19. The first kappa shape index (κ1) is 12.7. The van der Waals surface area contributed by atoms with E-state index in [1.165, 1.54) is 0 Å². The number of hydrogen-bond acceptors (Lipinski definition) is 2. The molecule has 0 spiro atoms. The minimum absolute atomic E-state index is 0.0614. The van der Waals surface area contributed by atoms with Gasteiger partial charge in [0, 0.05) is 0 Å². The molecule has 0 aliphatic rings. The highest BCUT2D eigenvalue weighted by Gasteiger charge is 2.16. The summed E-state index contributed by atoms with van der Waals surface area (Å²) in [7, 11) is 0. The van der Waals surface area contributed by atoms with E-state index in [0.717, 1.165) is 12.0 Å². The van der Waals surface area contributed by atoms with Crippen molar-refractivity contribution in [3.63, 3.8) is 0 Å². The number of rotatable bonds is 5. The molecule has 0 fully saturated rings. The van der Waals surface area contributed by atoms with Gasteiger partial charge in [0.1, 0.15) is 0 Å². The van der Waals surface area contributed by atoms with Crippen LogP contribution in [0, 0.1) is 0 Å². The van der Waals surface area contributed by atoms with Gasteiger partial charge in [-0.2, -0.15) is 0 Å². The maximum atomic E-state index is 11.7. The van der Waals surface area contributed by atoms with Gasteiger partial charge in [0.2, 0.25) is 5.91 Å². The molecule has 0 saturated carbocycles. The van der Waals surface area contributed by atoms with Crippen molar-refractivity contribution in [2.75, 3.05) is 0 Å². The van der Waals surface area contributed by atoms with E-state index < -0.39 is 6.04 Å². The molecule has 0 aliphatic carbocycles. The van der Waals surface area contributed by atoms with Gasteiger partial charge in [-0.3, -0.25) is 4.79 Å². The van der Waals surface area contributed by atoms with Crippen LogP contribution in [0.15, 0.2) is 30.3 Å². The zero-order chi connectivity index (χ0) is 12.0. The summed E-state index contributed by atoms with van der Waals surface area (Å²) in [6.07, 6.45) is 1.53. The summed E-state index contributed by atoms with van der Waals surface area (Å²) in [4.78, 5) is 11.7. The number of hydrogen-bond donors (Lipinski definition) is 2. The fraction of sp³-hybridized carbons (Fsp3) is 0.462. The van der Waals surface area contributed by atoms with Crippen molar-refractivity contribution in [1.29, 1.82) is 0 Å². The zero-order valence-electron chi connectivity index (χ0n) is 9.94. The minimum Gasteiger partial charge on any atom is -0.348 e. The van der Waals surface area contributed by atoms with Crippen LogP contribution in [0.1, 0.15) is 38.3 Å². The van der Waals surface area contributed by atoms with E-state index in [2.05, 4.69) is 12.2 Å². The Hall–Kier alpha value is -1.35. The molecule has 1 aromatic rings. The molecule has 0 saturated heterocycles. The van der Waals surface area contributed by atoms with E-state index in [9.17, 15) is 4.79 Å². The highest BCUT2D eigenvalue weighted by molar-refractivity contribution is 5.81. The van der Waals surface area contributed by atoms with Crippen LogP contribution in [-0.2, 0) is 4.79 Å². The van der Waals surface area contributed by atoms with Crippen LogP contribution in [0.2, 0.25) is 0 Å². The van der Waals surface area contributed by atoms with E-state index in [1.807, 2.05) is 37.3 Å². The van der Waals surface area contributed by atoms with Gasteiger partial charge in [0.05, 0.1) is 12.1 Å². The molecular weight excluding hydrogens is 200 g/mol. The fourth-order valence-corrected chi connectivity index (χ4v) is 1.57. The number of nitrogens with one attached hydrogen (secondary N) is 1. The molecule has 0 radical (unpaired) electrons. The van der Waals surface area contributed by atoms with Crippen molar-refractivity contribution in [3.8, 4) is 0 Å². The molecular formula is C13H20N2O. The van der Waals surface area contributed by atoms with Crippen molar-refractivity contribution in [2.24, 2.45) is 5.73 Å². The van der Waals surface area contributed by atoms with Crippen LogP contribution < -0.4 is 11.1 Å². The summed E-state index contributed by atoms with van der Waals surface area (Å²) in [5.74, 6) is -0.0711. The number of nitrogens with two attached hydrogens (primary N) is 1. The highest BCUT2D eigenvalue weighted by atomic mass is 16.2. The molecule has 3 N–H and O–H groups in total. The van der Waals surface area contributed by atoms with Gasteiger partial charge in [-0.25, -0.2) is 0 Å². The predicted molar refractivity (Wildman–Crippen MR) is 65.9 cm³/mol. The molecule has 1 rings (SSSR count). The van der Waals surface area contributed by atoms with Crippen LogP contribution in [0.4, 0.5) is 0 Å². The van der Waals surface area contributed by atoms with E-state index in [4.69, 9.17) is 5.73 Å². The Morgan fingerprint density at radius 2 is 1.88 bits per heavy atom. The Kier molecular flexibility index (Phi) is 4.99. The molecule has 0 bridgehead atoms. The molecule has 0 heterocycles. The first-order chi connectivity index (χ1) is 7.69. The normalized spacial score (nSPS) is 14.2. The zero-order valence-corrected chi connectivity index (χ0v) is 9.94. The van der Waals surface area contributed by atoms with Gasteiger partial charge in [0.25, 0.3) is 0 Å². The highest BCUT2D eigenvalue weighted by Crippen LogP contribution is 2.15. The average molecular weight is 220 g/mol. The maximum Gasteiger partial charge on any atom is 0.237 e. The van der Waals surface area contributed by atoms with Crippen molar-refractivity contribution >= 4 is 5.91 Å². The lowest BCUT2D eigenvalue weighted by atomic mass is 10.0. The molecule has 16 heavy (non-hydrogen) atoms. The lowest BCUT2D eigenvalue weighted by molar-refractivity contribution is -0.123. The Balaban J connectivity index is 2.66. The number of carbonyl (C=O) groups is 1. The third-order valence-corrected chi connectivity index (χ3v) is 2.70. The van der Waals surface area contributed by atoms with Gasteiger partial charge in [-0.15, -0.1) is 0 Å². The Bertz CT molecular complexity index is 324. The van der Waals surface area contributed by atoms with E-state index >= 15 is 0 Å². The van der Waals surface area contributed by atoms with Crippen molar-refractivity contribution in [1.82, 2.24) is 5.32 Å². The van der Waals surface area contributed by atoms with Gasteiger partial charge < -0.3 is 11.1 Å². The first-order valence-corrected chi connectivity index (χ1v) is 5.79. The molecule has 3 nitrogen and oxygen atoms in total. The van der Waals surface area contributed by atoms with E-state index in [0.29, 0.717) is 6.42 Å². The van der Waals surface area contributed by atoms with Gasteiger partial charge in [-0.1, -0.05) is 44.2 Å². The molecule has 3 heteroatoms. The standard InChI is InChI=1S/C13H20N2O/c1-3-11(14)13(16)15-12(4-2)10-8-6-5-7-9-10/h5-9,11-12H,3-4,14H2,1-2H3,(H,15,16)/t11-,12-/m0/s1. The number of amides is 1.